The summed E-state index contributed by atoms with van der Waals surface area (Å²) in [5.74, 6) is -0.412. The van der Waals surface area contributed by atoms with Crippen LogP contribution in [0.1, 0.15) is 11.1 Å². The molecule has 0 aliphatic carbocycles. The highest BCUT2D eigenvalue weighted by Crippen LogP contribution is 2.20. The van der Waals surface area contributed by atoms with Gasteiger partial charge in [0, 0.05) is 18.3 Å². The lowest BCUT2D eigenvalue weighted by atomic mass is 10.2. The Labute approximate surface area is 97.6 Å². The maximum absolute atomic E-state index is 13.2. The Hall–Kier alpha value is -1.39. The second-order valence-electron chi connectivity index (χ2n) is 3.46. The van der Waals surface area contributed by atoms with Crippen LogP contribution in [-0.2, 0) is 13.1 Å². The van der Waals surface area contributed by atoms with Gasteiger partial charge in [-0.15, -0.1) is 0 Å². The zero-order valence-electron chi connectivity index (χ0n) is 8.53. The van der Waals surface area contributed by atoms with Crippen molar-refractivity contribution in [2.24, 2.45) is 5.73 Å². The molecule has 0 bridgehead atoms. The second kappa shape index (κ2) is 4.63. The van der Waals surface area contributed by atoms with E-state index < -0.39 is 5.82 Å². The van der Waals surface area contributed by atoms with Crippen molar-refractivity contribution in [1.29, 1.82) is 0 Å². The number of hydrogen-bond donors (Lipinski definition) is 1. The fraction of sp³-hybridized carbons (Fsp3) is 0.182. The van der Waals surface area contributed by atoms with Crippen molar-refractivity contribution in [1.82, 2.24) is 9.78 Å². The molecule has 1 aromatic heterocycles. The van der Waals surface area contributed by atoms with E-state index in [0.717, 1.165) is 5.56 Å². The molecule has 0 radical (unpaired) electrons. The topological polar surface area (TPSA) is 43.8 Å². The van der Waals surface area contributed by atoms with E-state index >= 15 is 0 Å². The molecule has 5 heteroatoms. The molecule has 0 saturated carbocycles. The molecule has 3 nitrogen and oxygen atoms in total. The van der Waals surface area contributed by atoms with E-state index in [4.69, 9.17) is 17.3 Å². The van der Waals surface area contributed by atoms with Gasteiger partial charge in [0.1, 0.15) is 5.82 Å². The van der Waals surface area contributed by atoms with Crippen LogP contribution in [0.4, 0.5) is 4.39 Å². The number of nitrogens with two attached hydrogens (primary N) is 1. The fourth-order valence-corrected chi connectivity index (χ4v) is 1.63. The summed E-state index contributed by atoms with van der Waals surface area (Å²) in [6, 6.07) is 4.74. The van der Waals surface area contributed by atoms with Crippen molar-refractivity contribution in [3.8, 4) is 0 Å². The average molecular weight is 240 g/mol. The summed E-state index contributed by atoms with van der Waals surface area (Å²) >= 11 is 5.84. The Balaban J connectivity index is 2.23. The first-order valence-electron chi connectivity index (χ1n) is 4.85. The van der Waals surface area contributed by atoms with Crippen LogP contribution < -0.4 is 5.73 Å². The standard InChI is InChI=1S/C11H11ClFN3/c12-11-9(2-1-3-10(11)13)7-16-6-8(4-14)5-15-16/h1-3,5-6H,4,7,14H2. The minimum atomic E-state index is -0.412. The molecule has 0 atom stereocenters. The number of halogens is 2. The first-order valence-corrected chi connectivity index (χ1v) is 5.23. The van der Waals surface area contributed by atoms with Crippen LogP contribution in [0.2, 0.25) is 5.02 Å². The maximum Gasteiger partial charge on any atom is 0.142 e. The molecule has 0 aliphatic rings. The monoisotopic (exact) mass is 239 g/mol. The van der Waals surface area contributed by atoms with Gasteiger partial charge in [0.15, 0.2) is 0 Å². The van der Waals surface area contributed by atoms with Gasteiger partial charge in [-0.25, -0.2) is 4.39 Å². The average Bonchev–Trinajstić information content (AvgIpc) is 2.73. The summed E-state index contributed by atoms with van der Waals surface area (Å²) in [6.07, 6.45) is 3.51. The van der Waals surface area contributed by atoms with Crippen LogP contribution in [0.3, 0.4) is 0 Å². The van der Waals surface area contributed by atoms with Gasteiger partial charge in [-0.2, -0.15) is 5.10 Å². The third-order valence-corrected chi connectivity index (χ3v) is 2.71. The Kier molecular flexibility index (Phi) is 3.22. The van der Waals surface area contributed by atoms with Crippen LogP contribution in [0.15, 0.2) is 30.6 Å². The minimum absolute atomic E-state index is 0.146. The molecular weight excluding hydrogens is 229 g/mol. The molecule has 2 N–H and O–H groups in total. The van der Waals surface area contributed by atoms with E-state index in [2.05, 4.69) is 5.10 Å². The Morgan fingerprint density at radius 2 is 2.25 bits per heavy atom. The molecule has 84 valence electrons. The van der Waals surface area contributed by atoms with Crippen LogP contribution in [0.5, 0.6) is 0 Å². The molecule has 0 unspecified atom stereocenters. The second-order valence-corrected chi connectivity index (χ2v) is 3.84. The summed E-state index contributed by atoms with van der Waals surface area (Å²) in [7, 11) is 0. The SMILES string of the molecule is NCc1cnn(Cc2cccc(F)c2Cl)c1. The summed E-state index contributed by atoms with van der Waals surface area (Å²) in [6.45, 7) is 0.882. The molecule has 2 rings (SSSR count). The lowest BCUT2D eigenvalue weighted by Crippen LogP contribution is -2.01. The third-order valence-electron chi connectivity index (χ3n) is 2.29. The number of aromatic nitrogens is 2. The van der Waals surface area contributed by atoms with E-state index in [1.807, 2.05) is 6.20 Å². The van der Waals surface area contributed by atoms with Crippen molar-refractivity contribution >= 4 is 11.6 Å². The van der Waals surface area contributed by atoms with Gasteiger partial charge in [0.2, 0.25) is 0 Å². The highest BCUT2D eigenvalue weighted by atomic mass is 35.5. The first-order chi connectivity index (χ1) is 7.70. The van der Waals surface area contributed by atoms with E-state index in [0.29, 0.717) is 18.7 Å². The molecule has 0 fully saturated rings. The Morgan fingerprint density at radius 1 is 1.44 bits per heavy atom. The maximum atomic E-state index is 13.2. The van der Waals surface area contributed by atoms with Gasteiger partial charge in [-0.3, -0.25) is 4.68 Å². The molecule has 16 heavy (non-hydrogen) atoms. The molecule has 1 heterocycles. The van der Waals surface area contributed by atoms with Crippen molar-refractivity contribution < 1.29 is 4.39 Å². The fourth-order valence-electron chi connectivity index (χ4n) is 1.44. The van der Waals surface area contributed by atoms with E-state index in [9.17, 15) is 4.39 Å². The normalized spacial score (nSPS) is 10.7. The predicted octanol–water partition coefficient (Wildman–Crippen LogP) is 2.18. The largest absolute Gasteiger partial charge is 0.326 e. The predicted molar refractivity (Wildman–Crippen MR) is 60.6 cm³/mol. The molecular formula is C11H11ClFN3. The van der Waals surface area contributed by atoms with E-state index in [1.165, 1.54) is 6.07 Å². The molecule has 0 spiro atoms. The van der Waals surface area contributed by atoms with Crippen molar-refractivity contribution in [3.63, 3.8) is 0 Å². The van der Waals surface area contributed by atoms with Crippen LogP contribution in [0, 0.1) is 5.82 Å². The zero-order valence-corrected chi connectivity index (χ0v) is 9.28. The van der Waals surface area contributed by atoms with Crippen molar-refractivity contribution in [2.45, 2.75) is 13.1 Å². The molecule has 2 aromatic rings. The lowest BCUT2D eigenvalue weighted by molar-refractivity contribution is 0.619. The van der Waals surface area contributed by atoms with Crippen molar-refractivity contribution in [2.75, 3.05) is 0 Å². The van der Waals surface area contributed by atoms with Crippen LogP contribution in [-0.4, -0.2) is 9.78 Å². The van der Waals surface area contributed by atoms with Crippen LogP contribution >= 0.6 is 11.6 Å². The van der Waals surface area contributed by atoms with Crippen molar-refractivity contribution in [3.05, 3.63) is 52.6 Å². The summed E-state index contributed by atoms with van der Waals surface area (Å²) in [4.78, 5) is 0. The van der Waals surface area contributed by atoms with E-state index in [-0.39, 0.29) is 5.02 Å². The number of hydrogen-bond acceptors (Lipinski definition) is 2. The highest BCUT2D eigenvalue weighted by molar-refractivity contribution is 6.31. The molecule has 0 saturated heterocycles. The zero-order chi connectivity index (χ0) is 11.5. The summed E-state index contributed by atoms with van der Waals surface area (Å²) in [5.41, 5.74) is 7.11. The Bertz CT molecular complexity index is 496. The van der Waals surface area contributed by atoms with Gasteiger partial charge in [-0.1, -0.05) is 23.7 Å². The third kappa shape index (κ3) is 2.23. The number of nitrogens with zero attached hydrogens (tertiary/aromatic N) is 2. The quantitative estimate of drug-likeness (QED) is 0.892. The van der Waals surface area contributed by atoms with E-state index in [1.54, 1.807) is 23.0 Å². The summed E-state index contributed by atoms with van der Waals surface area (Å²) < 4.78 is 14.9. The van der Waals surface area contributed by atoms with Gasteiger partial charge in [-0.05, 0) is 11.6 Å². The van der Waals surface area contributed by atoms with Gasteiger partial charge in [0.25, 0.3) is 0 Å². The highest BCUT2D eigenvalue weighted by Gasteiger charge is 2.06. The molecule has 0 amide bonds. The summed E-state index contributed by atoms with van der Waals surface area (Å²) in [5, 5.41) is 4.25. The minimum Gasteiger partial charge on any atom is -0.326 e. The Morgan fingerprint density at radius 3 is 2.94 bits per heavy atom. The molecule has 0 aliphatic heterocycles. The first kappa shape index (κ1) is 11.1. The number of benzene rings is 1. The molecule has 1 aromatic carbocycles. The lowest BCUT2D eigenvalue weighted by Gasteiger charge is -2.04. The van der Waals surface area contributed by atoms with Gasteiger partial charge < -0.3 is 5.73 Å². The smallest absolute Gasteiger partial charge is 0.142 e. The number of rotatable bonds is 3. The van der Waals surface area contributed by atoms with Gasteiger partial charge in [0.05, 0.1) is 17.8 Å². The van der Waals surface area contributed by atoms with Crippen LogP contribution in [0.25, 0.3) is 0 Å². The van der Waals surface area contributed by atoms with Gasteiger partial charge >= 0.3 is 0 Å².